The Morgan fingerprint density at radius 3 is 2.60 bits per heavy atom. The van der Waals surface area contributed by atoms with Gasteiger partial charge in [0.05, 0.1) is 5.92 Å². The Kier molecular flexibility index (Phi) is 5.61. The van der Waals surface area contributed by atoms with Crippen LogP contribution in [0.25, 0.3) is 0 Å². The van der Waals surface area contributed by atoms with Crippen molar-refractivity contribution in [2.24, 2.45) is 5.92 Å². The number of benzene rings is 1. The van der Waals surface area contributed by atoms with E-state index in [0.29, 0.717) is 0 Å². The first-order chi connectivity index (χ1) is 9.31. The van der Waals surface area contributed by atoms with E-state index in [4.69, 9.17) is 5.11 Å². The van der Waals surface area contributed by atoms with Gasteiger partial charge in [0.15, 0.2) is 0 Å². The van der Waals surface area contributed by atoms with Gasteiger partial charge in [-0.1, -0.05) is 6.92 Å². The lowest BCUT2D eigenvalue weighted by Gasteiger charge is -2.19. The van der Waals surface area contributed by atoms with Crippen molar-refractivity contribution in [1.29, 1.82) is 0 Å². The highest BCUT2D eigenvalue weighted by atomic mass is 19.1. The van der Waals surface area contributed by atoms with Gasteiger partial charge in [-0.05, 0) is 30.2 Å². The first-order valence-electron chi connectivity index (χ1n) is 6.22. The molecule has 4 nitrogen and oxygen atoms in total. The molecule has 1 aromatic carbocycles. The lowest BCUT2D eigenvalue weighted by molar-refractivity contribution is -0.142. The largest absolute Gasteiger partial charge is 0.481 e. The summed E-state index contributed by atoms with van der Waals surface area (Å²) in [6.45, 7) is 1.58. The summed E-state index contributed by atoms with van der Waals surface area (Å²) in [7, 11) is 1.49. The maximum atomic E-state index is 13.4. The van der Waals surface area contributed by atoms with E-state index < -0.39 is 23.5 Å². The van der Waals surface area contributed by atoms with E-state index in [0.717, 1.165) is 18.2 Å². The van der Waals surface area contributed by atoms with Gasteiger partial charge >= 0.3 is 5.97 Å². The standard InChI is InChI=1S/C14H17F2NO3/c1-9(14(19)20)8-17(2)13(18)6-3-10-7-11(15)4-5-12(10)16/h4-5,7,9H,3,6,8H2,1-2H3,(H,19,20). The molecule has 0 aliphatic carbocycles. The summed E-state index contributed by atoms with van der Waals surface area (Å²) in [6.07, 6.45) is 0.0808. The van der Waals surface area contributed by atoms with Crippen molar-refractivity contribution in [1.82, 2.24) is 4.90 Å². The zero-order chi connectivity index (χ0) is 15.3. The van der Waals surface area contributed by atoms with Crippen LogP contribution < -0.4 is 0 Å². The van der Waals surface area contributed by atoms with Gasteiger partial charge in [0.25, 0.3) is 0 Å². The van der Waals surface area contributed by atoms with Gasteiger partial charge in [-0.2, -0.15) is 0 Å². The number of aryl methyl sites for hydroxylation is 1. The van der Waals surface area contributed by atoms with Crippen LogP contribution in [0.3, 0.4) is 0 Å². The third-order valence-corrected chi connectivity index (χ3v) is 3.01. The van der Waals surface area contributed by atoms with Crippen LogP contribution in [0.15, 0.2) is 18.2 Å². The maximum Gasteiger partial charge on any atom is 0.308 e. The quantitative estimate of drug-likeness (QED) is 0.870. The van der Waals surface area contributed by atoms with E-state index in [1.54, 1.807) is 0 Å². The fourth-order valence-corrected chi connectivity index (χ4v) is 1.76. The SMILES string of the molecule is CC(CN(C)C(=O)CCc1cc(F)ccc1F)C(=O)O. The van der Waals surface area contributed by atoms with Crippen molar-refractivity contribution in [3.8, 4) is 0 Å². The molecule has 110 valence electrons. The highest BCUT2D eigenvalue weighted by Crippen LogP contribution is 2.12. The Hall–Kier alpha value is -1.98. The van der Waals surface area contributed by atoms with Crippen LogP contribution in [-0.4, -0.2) is 35.5 Å². The van der Waals surface area contributed by atoms with Crippen LogP contribution >= 0.6 is 0 Å². The second-order valence-electron chi connectivity index (χ2n) is 4.75. The first-order valence-corrected chi connectivity index (χ1v) is 6.22. The Morgan fingerprint density at radius 1 is 1.35 bits per heavy atom. The average molecular weight is 285 g/mol. The topological polar surface area (TPSA) is 57.6 Å². The predicted octanol–water partition coefficient (Wildman–Crippen LogP) is 2.08. The Morgan fingerprint density at radius 2 is 2.00 bits per heavy atom. The zero-order valence-electron chi connectivity index (χ0n) is 11.4. The second kappa shape index (κ2) is 6.98. The molecule has 1 rings (SSSR count). The molecule has 0 radical (unpaired) electrons. The first kappa shape index (κ1) is 16.1. The van der Waals surface area contributed by atoms with Crippen LogP contribution in [0.5, 0.6) is 0 Å². The molecule has 0 saturated heterocycles. The maximum absolute atomic E-state index is 13.4. The summed E-state index contributed by atoms with van der Waals surface area (Å²) < 4.78 is 26.3. The second-order valence-corrected chi connectivity index (χ2v) is 4.75. The number of aliphatic carboxylic acids is 1. The van der Waals surface area contributed by atoms with Crippen molar-refractivity contribution >= 4 is 11.9 Å². The molecule has 0 heterocycles. The highest BCUT2D eigenvalue weighted by Gasteiger charge is 2.17. The van der Waals surface area contributed by atoms with E-state index in [1.807, 2.05) is 0 Å². The molecular formula is C14H17F2NO3. The highest BCUT2D eigenvalue weighted by molar-refractivity contribution is 5.77. The summed E-state index contributed by atoms with van der Waals surface area (Å²) >= 11 is 0. The molecule has 1 aromatic rings. The summed E-state index contributed by atoms with van der Waals surface area (Å²) in [6, 6.07) is 3.09. The van der Waals surface area contributed by atoms with Crippen LogP contribution in [0.2, 0.25) is 0 Å². The summed E-state index contributed by atoms with van der Waals surface area (Å²) in [4.78, 5) is 23.8. The normalized spacial score (nSPS) is 12.0. The number of hydrogen-bond donors (Lipinski definition) is 1. The minimum Gasteiger partial charge on any atom is -0.481 e. The van der Waals surface area contributed by atoms with Gasteiger partial charge in [-0.15, -0.1) is 0 Å². The summed E-state index contributed by atoms with van der Waals surface area (Å²) in [5.74, 6) is -3.07. The Labute approximate surface area is 116 Å². The number of halogens is 2. The minimum absolute atomic E-state index is 0.00319. The molecule has 1 N–H and O–H groups in total. The van der Waals surface area contributed by atoms with E-state index >= 15 is 0 Å². The molecule has 1 unspecified atom stereocenters. The molecular weight excluding hydrogens is 268 g/mol. The third kappa shape index (κ3) is 4.60. The molecule has 1 amide bonds. The minimum atomic E-state index is -0.985. The number of carbonyl (C=O) groups excluding carboxylic acids is 1. The fourth-order valence-electron chi connectivity index (χ4n) is 1.76. The van der Waals surface area contributed by atoms with Gasteiger partial charge in [0.2, 0.25) is 5.91 Å². The number of carboxylic acids is 1. The molecule has 0 aliphatic rings. The molecule has 0 aromatic heterocycles. The van der Waals surface area contributed by atoms with E-state index in [-0.39, 0.29) is 30.9 Å². The molecule has 0 bridgehead atoms. The monoisotopic (exact) mass is 285 g/mol. The molecule has 20 heavy (non-hydrogen) atoms. The van der Waals surface area contributed by atoms with Crippen LogP contribution in [0, 0.1) is 17.6 Å². The number of carboxylic acid groups (broad SMARTS) is 1. The number of hydrogen-bond acceptors (Lipinski definition) is 2. The number of rotatable bonds is 6. The predicted molar refractivity (Wildman–Crippen MR) is 69.1 cm³/mol. The van der Waals surface area contributed by atoms with Crippen molar-refractivity contribution in [3.63, 3.8) is 0 Å². The molecule has 1 atom stereocenters. The van der Waals surface area contributed by atoms with Crippen LogP contribution in [0.1, 0.15) is 18.9 Å². The van der Waals surface area contributed by atoms with Gasteiger partial charge in [-0.25, -0.2) is 8.78 Å². The van der Waals surface area contributed by atoms with Gasteiger partial charge in [0, 0.05) is 20.0 Å². The summed E-state index contributed by atoms with van der Waals surface area (Å²) in [5.41, 5.74) is 0.137. The number of carbonyl (C=O) groups is 2. The lowest BCUT2D eigenvalue weighted by Crippen LogP contribution is -2.33. The van der Waals surface area contributed by atoms with Crippen molar-refractivity contribution in [2.45, 2.75) is 19.8 Å². The Bertz CT molecular complexity index is 505. The molecule has 0 spiro atoms. The van der Waals surface area contributed by atoms with Gasteiger partial charge < -0.3 is 10.0 Å². The van der Waals surface area contributed by atoms with E-state index in [1.165, 1.54) is 18.9 Å². The van der Waals surface area contributed by atoms with E-state index in [2.05, 4.69) is 0 Å². The average Bonchev–Trinajstić information content (AvgIpc) is 2.39. The third-order valence-electron chi connectivity index (χ3n) is 3.01. The Balaban J connectivity index is 2.54. The smallest absolute Gasteiger partial charge is 0.308 e. The molecule has 0 saturated carbocycles. The molecule has 0 fully saturated rings. The molecule has 0 aliphatic heterocycles. The van der Waals surface area contributed by atoms with Crippen molar-refractivity contribution < 1.29 is 23.5 Å². The van der Waals surface area contributed by atoms with Crippen molar-refractivity contribution in [2.75, 3.05) is 13.6 Å². The van der Waals surface area contributed by atoms with Crippen LogP contribution in [-0.2, 0) is 16.0 Å². The number of nitrogens with zero attached hydrogens (tertiary/aromatic N) is 1. The van der Waals surface area contributed by atoms with Crippen LogP contribution in [0.4, 0.5) is 8.78 Å². The fraction of sp³-hybridized carbons (Fsp3) is 0.429. The van der Waals surface area contributed by atoms with Crippen molar-refractivity contribution in [3.05, 3.63) is 35.4 Å². The van der Waals surface area contributed by atoms with Gasteiger partial charge in [-0.3, -0.25) is 9.59 Å². The number of amides is 1. The van der Waals surface area contributed by atoms with E-state index in [9.17, 15) is 18.4 Å². The lowest BCUT2D eigenvalue weighted by atomic mass is 10.1. The van der Waals surface area contributed by atoms with Gasteiger partial charge in [0.1, 0.15) is 11.6 Å². The zero-order valence-corrected chi connectivity index (χ0v) is 11.4. The molecule has 6 heteroatoms. The summed E-state index contributed by atoms with van der Waals surface area (Å²) in [5, 5.41) is 8.76.